The van der Waals surface area contributed by atoms with E-state index in [-0.39, 0.29) is 23.0 Å². The number of ketones is 1. The summed E-state index contributed by atoms with van der Waals surface area (Å²) in [6.45, 7) is 4.31. The zero-order chi connectivity index (χ0) is 18.2. The van der Waals surface area contributed by atoms with Crippen molar-refractivity contribution in [3.05, 3.63) is 0 Å². The molecule has 0 aromatic carbocycles. The molecular formula is C21H30O4. The van der Waals surface area contributed by atoms with Crippen molar-refractivity contribution in [1.29, 1.82) is 0 Å². The molecule has 4 aliphatic carbocycles. The number of aliphatic hydroxyl groups is 3. The van der Waals surface area contributed by atoms with Gasteiger partial charge in [-0.15, -0.1) is 6.42 Å². The lowest BCUT2D eigenvalue weighted by Gasteiger charge is -2.61. The number of hydrogen-bond acceptors (Lipinski definition) is 4. The maximum Gasteiger partial charge on any atom is 0.161 e. The van der Waals surface area contributed by atoms with Gasteiger partial charge in [0.2, 0.25) is 0 Å². The number of carbonyl (C=O) groups is 1. The summed E-state index contributed by atoms with van der Waals surface area (Å²) in [5.74, 6) is 3.61. The van der Waals surface area contributed by atoms with E-state index >= 15 is 0 Å². The third-order valence-corrected chi connectivity index (χ3v) is 9.00. The summed E-state index contributed by atoms with van der Waals surface area (Å²) in [6, 6.07) is 0. The SMILES string of the molecule is C#C[C@]1(O)[C@H](O)C[C@H]2[C@@H]3CCC4[C@@H](O)C(=O)CC[C@]4(C)[C@H]3CC[C@@]21C. The summed E-state index contributed by atoms with van der Waals surface area (Å²) in [7, 11) is 0. The largest absolute Gasteiger partial charge is 0.389 e. The lowest BCUT2D eigenvalue weighted by atomic mass is 9.44. The Morgan fingerprint density at radius 2 is 1.80 bits per heavy atom. The molecule has 25 heavy (non-hydrogen) atoms. The highest BCUT2D eigenvalue weighted by Gasteiger charge is 2.68. The highest BCUT2D eigenvalue weighted by molar-refractivity contribution is 5.84. The van der Waals surface area contributed by atoms with Crippen LogP contribution in [0.1, 0.15) is 58.8 Å². The number of hydrogen-bond donors (Lipinski definition) is 3. The molecule has 9 atom stereocenters. The lowest BCUT2D eigenvalue weighted by molar-refractivity contribution is -0.170. The number of fused-ring (bicyclic) bond motifs is 5. The molecule has 3 N–H and O–H groups in total. The Hall–Kier alpha value is -0.890. The summed E-state index contributed by atoms with van der Waals surface area (Å²) in [5.41, 5.74) is -1.92. The molecule has 4 fully saturated rings. The van der Waals surface area contributed by atoms with E-state index < -0.39 is 23.2 Å². The van der Waals surface area contributed by atoms with E-state index in [1.54, 1.807) is 0 Å². The number of aliphatic hydroxyl groups excluding tert-OH is 2. The smallest absolute Gasteiger partial charge is 0.161 e. The van der Waals surface area contributed by atoms with Crippen LogP contribution in [0.15, 0.2) is 0 Å². The van der Waals surface area contributed by atoms with Crippen molar-refractivity contribution < 1.29 is 20.1 Å². The first-order valence-corrected chi connectivity index (χ1v) is 9.78. The normalized spacial score (nSPS) is 58.0. The Balaban J connectivity index is 1.69. The summed E-state index contributed by atoms with van der Waals surface area (Å²) >= 11 is 0. The third kappa shape index (κ3) is 1.98. The summed E-state index contributed by atoms with van der Waals surface area (Å²) in [5, 5.41) is 32.0. The molecule has 0 bridgehead atoms. The van der Waals surface area contributed by atoms with E-state index in [9.17, 15) is 20.1 Å². The zero-order valence-corrected chi connectivity index (χ0v) is 15.2. The van der Waals surface area contributed by atoms with E-state index in [4.69, 9.17) is 6.42 Å². The van der Waals surface area contributed by atoms with E-state index in [0.717, 1.165) is 32.1 Å². The number of terminal acetylenes is 1. The fraction of sp³-hybridized carbons (Fsp3) is 0.857. The minimum absolute atomic E-state index is 0.000400. The van der Waals surface area contributed by atoms with Crippen molar-refractivity contribution in [1.82, 2.24) is 0 Å². The molecule has 1 unspecified atom stereocenters. The van der Waals surface area contributed by atoms with Crippen LogP contribution in [0.2, 0.25) is 0 Å². The van der Waals surface area contributed by atoms with Crippen molar-refractivity contribution in [3.8, 4) is 12.3 Å². The fourth-order valence-electron chi connectivity index (χ4n) is 7.42. The predicted octanol–water partition coefficient (Wildman–Crippen LogP) is 1.90. The van der Waals surface area contributed by atoms with Crippen molar-refractivity contribution >= 4 is 5.78 Å². The van der Waals surface area contributed by atoms with Gasteiger partial charge in [0.15, 0.2) is 11.4 Å². The van der Waals surface area contributed by atoms with Gasteiger partial charge in [-0.1, -0.05) is 19.8 Å². The van der Waals surface area contributed by atoms with Crippen LogP contribution in [0, 0.1) is 46.8 Å². The molecule has 4 aliphatic rings. The second kappa shape index (κ2) is 5.31. The zero-order valence-electron chi connectivity index (χ0n) is 15.2. The van der Waals surface area contributed by atoms with E-state index in [1.807, 2.05) is 0 Å². The van der Waals surface area contributed by atoms with Crippen LogP contribution < -0.4 is 0 Å². The fourth-order valence-corrected chi connectivity index (χ4v) is 7.42. The molecule has 4 saturated carbocycles. The minimum atomic E-state index is -1.44. The number of Topliss-reactive ketones (excluding diaryl/α,β-unsaturated/α-hetero) is 1. The predicted molar refractivity (Wildman–Crippen MR) is 93.3 cm³/mol. The molecule has 0 saturated heterocycles. The van der Waals surface area contributed by atoms with Crippen LogP contribution in [-0.4, -0.2) is 38.9 Å². The molecule has 0 amide bonds. The Labute approximate surface area is 150 Å². The van der Waals surface area contributed by atoms with Crippen molar-refractivity contribution in [2.45, 2.75) is 76.6 Å². The summed E-state index contributed by atoms with van der Waals surface area (Å²) in [4.78, 5) is 12.0. The third-order valence-electron chi connectivity index (χ3n) is 9.00. The maximum atomic E-state index is 12.0. The Morgan fingerprint density at radius 3 is 2.48 bits per heavy atom. The molecule has 138 valence electrons. The van der Waals surface area contributed by atoms with Gasteiger partial charge in [-0.05, 0) is 67.6 Å². The van der Waals surface area contributed by atoms with Crippen LogP contribution >= 0.6 is 0 Å². The quantitative estimate of drug-likeness (QED) is 0.586. The molecule has 0 aromatic rings. The van der Waals surface area contributed by atoms with E-state index in [2.05, 4.69) is 19.8 Å². The first-order valence-electron chi connectivity index (χ1n) is 9.78. The number of carbonyl (C=O) groups excluding carboxylic acids is 1. The van der Waals surface area contributed by atoms with Crippen LogP contribution in [0.4, 0.5) is 0 Å². The average molecular weight is 346 g/mol. The molecule has 0 spiro atoms. The minimum Gasteiger partial charge on any atom is -0.389 e. The highest BCUT2D eigenvalue weighted by Crippen LogP contribution is 2.67. The first kappa shape index (κ1) is 17.5. The van der Waals surface area contributed by atoms with Gasteiger partial charge in [-0.25, -0.2) is 0 Å². The van der Waals surface area contributed by atoms with Crippen molar-refractivity contribution in [2.24, 2.45) is 34.5 Å². The second-order valence-electron chi connectivity index (χ2n) is 9.60. The van der Waals surface area contributed by atoms with Crippen molar-refractivity contribution in [2.75, 3.05) is 0 Å². The monoisotopic (exact) mass is 346 g/mol. The molecule has 4 nitrogen and oxygen atoms in total. The molecular weight excluding hydrogens is 316 g/mol. The highest BCUT2D eigenvalue weighted by atomic mass is 16.3. The number of rotatable bonds is 0. The van der Waals surface area contributed by atoms with Gasteiger partial charge < -0.3 is 15.3 Å². The average Bonchev–Trinajstić information content (AvgIpc) is 2.79. The van der Waals surface area contributed by atoms with Gasteiger partial charge in [0.05, 0.1) is 6.10 Å². The van der Waals surface area contributed by atoms with E-state index in [1.165, 1.54) is 0 Å². The second-order valence-corrected chi connectivity index (χ2v) is 9.60. The molecule has 0 aromatic heterocycles. The van der Waals surface area contributed by atoms with Gasteiger partial charge in [-0.3, -0.25) is 4.79 Å². The van der Waals surface area contributed by atoms with Crippen LogP contribution in [-0.2, 0) is 4.79 Å². The van der Waals surface area contributed by atoms with E-state index in [0.29, 0.717) is 24.7 Å². The molecule has 0 radical (unpaired) electrons. The molecule has 0 heterocycles. The van der Waals surface area contributed by atoms with Gasteiger partial charge in [0.25, 0.3) is 0 Å². The molecule has 0 aliphatic heterocycles. The summed E-state index contributed by atoms with van der Waals surface area (Å²) < 4.78 is 0. The first-order chi connectivity index (χ1) is 11.7. The lowest BCUT2D eigenvalue weighted by Crippen LogP contribution is -2.59. The van der Waals surface area contributed by atoms with Crippen LogP contribution in [0.25, 0.3) is 0 Å². The standard InChI is InChI=1S/C21H30O4/c1-4-21(25)17(23)11-15-12-5-6-14-18(24)16(22)8-9-19(14,2)13(12)7-10-20(15,21)3/h1,12-15,17-18,23-25H,5-11H2,2-3H3/t12-,13+,14?,15+,17-,18-,19-,20+,21+/m1/s1. The van der Waals surface area contributed by atoms with Crippen molar-refractivity contribution in [3.63, 3.8) is 0 Å². The van der Waals surface area contributed by atoms with Gasteiger partial charge >= 0.3 is 0 Å². The summed E-state index contributed by atoms with van der Waals surface area (Å²) in [6.07, 6.45) is 9.38. The Kier molecular flexibility index (Phi) is 3.72. The van der Waals surface area contributed by atoms with Crippen LogP contribution in [0.3, 0.4) is 0 Å². The molecule has 4 rings (SSSR count). The van der Waals surface area contributed by atoms with Gasteiger partial charge in [0.1, 0.15) is 6.10 Å². The molecule has 4 heteroatoms. The topological polar surface area (TPSA) is 77.8 Å². The Bertz CT molecular complexity index is 638. The Morgan fingerprint density at radius 1 is 1.08 bits per heavy atom. The van der Waals surface area contributed by atoms with Gasteiger partial charge in [0, 0.05) is 11.8 Å². The maximum absolute atomic E-state index is 12.0. The van der Waals surface area contributed by atoms with Crippen LogP contribution in [0.5, 0.6) is 0 Å². The van der Waals surface area contributed by atoms with Gasteiger partial charge in [-0.2, -0.15) is 0 Å².